The number of halogens is 1. The van der Waals surface area contributed by atoms with Crippen molar-refractivity contribution in [3.63, 3.8) is 0 Å². The van der Waals surface area contributed by atoms with E-state index < -0.39 is 0 Å². The SMILES string of the molecule is CCCOCC(=N)OCC.OCl. The number of rotatable bonds is 5. The first-order valence-corrected chi connectivity index (χ1v) is 4.10. The molecule has 0 spiro atoms. The van der Waals surface area contributed by atoms with Gasteiger partial charge in [-0.2, -0.15) is 0 Å². The minimum absolute atomic E-state index is 0.218. The standard InChI is InChI=1S/C7H15NO2.ClHO/c1-3-5-9-6-7(8)10-4-2;1-2/h8H,3-6H2,1-2H3;2H. The number of hydrogen-bond donors (Lipinski definition) is 2. The van der Waals surface area contributed by atoms with E-state index in [2.05, 4.69) is 11.9 Å². The van der Waals surface area contributed by atoms with Crippen molar-refractivity contribution in [3.05, 3.63) is 0 Å². The third-order valence-corrected chi connectivity index (χ3v) is 0.900. The van der Waals surface area contributed by atoms with Crippen molar-refractivity contribution in [1.82, 2.24) is 0 Å². The van der Waals surface area contributed by atoms with Gasteiger partial charge in [0.15, 0.2) is 0 Å². The van der Waals surface area contributed by atoms with Gasteiger partial charge in [-0.1, -0.05) is 6.92 Å². The van der Waals surface area contributed by atoms with Crippen LogP contribution in [0.25, 0.3) is 0 Å². The summed E-state index contributed by atoms with van der Waals surface area (Å²) < 4.78 is 16.4. The molecule has 4 nitrogen and oxygen atoms in total. The molecule has 0 aliphatic carbocycles. The Bertz CT molecular complexity index is 101. The fourth-order valence-corrected chi connectivity index (χ4v) is 0.525. The molecule has 0 aromatic carbocycles. The fraction of sp³-hybridized carbons (Fsp3) is 0.857. The van der Waals surface area contributed by atoms with Crippen LogP contribution < -0.4 is 0 Å². The van der Waals surface area contributed by atoms with Gasteiger partial charge in [0.25, 0.3) is 0 Å². The van der Waals surface area contributed by atoms with Crippen LogP contribution in [-0.2, 0) is 9.47 Å². The van der Waals surface area contributed by atoms with E-state index in [4.69, 9.17) is 19.5 Å². The molecule has 74 valence electrons. The van der Waals surface area contributed by atoms with Crippen LogP contribution in [-0.4, -0.2) is 30.4 Å². The summed E-state index contributed by atoms with van der Waals surface area (Å²) in [5.41, 5.74) is 0. The van der Waals surface area contributed by atoms with E-state index in [0.29, 0.717) is 19.8 Å². The maximum atomic E-state index is 7.12. The molecule has 0 aliphatic heterocycles. The van der Waals surface area contributed by atoms with E-state index in [0.717, 1.165) is 6.42 Å². The molecule has 0 saturated carbocycles. The Morgan fingerprint density at radius 1 is 1.42 bits per heavy atom. The summed E-state index contributed by atoms with van der Waals surface area (Å²) in [6.45, 7) is 5.45. The van der Waals surface area contributed by atoms with Crippen LogP contribution in [0.1, 0.15) is 20.3 Å². The highest BCUT2D eigenvalue weighted by atomic mass is 35.5. The lowest BCUT2D eigenvalue weighted by Gasteiger charge is -2.04. The first-order chi connectivity index (χ1) is 5.81. The topological polar surface area (TPSA) is 62.5 Å². The molecule has 0 fully saturated rings. The lowest BCUT2D eigenvalue weighted by molar-refractivity contribution is 0.150. The summed E-state index contributed by atoms with van der Waals surface area (Å²) in [6.07, 6.45) is 0.986. The Kier molecular flexibility index (Phi) is 15.7. The summed E-state index contributed by atoms with van der Waals surface area (Å²) in [5, 5.41) is 7.12. The van der Waals surface area contributed by atoms with Gasteiger partial charge in [-0.05, 0) is 13.3 Å². The maximum absolute atomic E-state index is 7.12. The molecule has 0 rings (SSSR count). The highest BCUT2D eigenvalue weighted by molar-refractivity contribution is 6.04. The van der Waals surface area contributed by atoms with Gasteiger partial charge in [0.1, 0.15) is 6.61 Å². The monoisotopic (exact) mass is 197 g/mol. The summed E-state index contributed by atoms with van der Waals surface area (Å²) in [5.74, 6) is 0.218. The van der Waals surface area contributed by atoms with Gasteiger partial charge in [-0.15, -0.1) is 0 Å². The normalized spacial score (nSPS) is 8.33. The van der Waals surface area contributed by atoms with Crippen molar-refractivity contribution in [2.45, 2.75) is 20.3 Å². The van der Waals surface area contributed by atoms with Crippen molar-refractivity contribution in [1.29, 1.82) is 5.41 Å². The van der Waals surface area contributed by atoms with Crippen LogP contribution in [0.5, 0.6) is 0 Å². The van der Waals surface area contributed by atoms with Crippen molar-refractivity contribution >= 4 is 17.8 Å². The average molecular weight is 198 g/mol. The molecule has 0 aromatic rings. The molecule has 0 radical (unpaired) electrons. The molecule has 2 N–H and O–H groups in total. The lowest BCUT2D eigenvalue weighted by atomic mass is 10.5. The van der Waals surface area contributed by atoms with Crippen LogP contribution in [0.3, 0.4) is 0 Å². The highest BCUT2D eigenvalue weighted by Gasteiger charge is 1.93. The third-order valence-electron chi connectivity index (χ3n) is 0.900. The largest absolute Gasteiger partial charge is 0.480 e. The van der Waals surface area contributed by atoms with Gasteiger partial charge in [0.05, 0.1) is 18.5 Å². The molecule has 0 aromatic heterocycles. The van der Waals surface area contributed by atoms with Crippen LogP contribution in [0.2, 0.25) is 0 Å². The molecule has 0 heterocycles. The van der Waals surface area contributed by atoms with Crippen LogP contribution in [0.4, 0.5) is 0 Å². The van der Waals surface area contributed by atoms with E-state index in [1.165, 1.54) is 0 Å². The van der Waals surface area contributed by atoms with E-state index in [1.807, 2.05) is 13.8 Å². The second-order valence-corrected chi connectivity index (χ2v) is 1.91. The van der Waals surface area contributed by atoms with Gasteiger partial charge >= 0.3 is 0 Å². The van der Waals surface area contributed by atoms with Crippen molar-refractivity contribution in [3.8, 4) is 0 Å². The second-order valence-electron chi connectivity index (χ2n) is 1.91. The minimum atomic E-state index is 0.218. The predicted octanol–water partition coefficient (Wildman–Crippen LogP) is 1.56. The average Bonchev–Trinajstić information content (AvgIpc) is 2.09. The maximum Gasteiger partial charge on any atom is 0.207 e. The molecule has 0 amide bonds. The van der Waals surface area contributed by atoms with E-state index in [1.54, 1.807) is 0 Å². The zero-order valence-corrected chi connectivity index (χ0v) is 8.23. The molecular weight excluding hydrogens is 182 g/mol. The summed E-state index contributed by atoms with van der Waals surface area (Å²) in [4.78, 5) is 0. The second kappa shape index (κ2) is 13.3. The van der Waals surface area contributed by atoms with Gasteiger partial charge in [0, 0.05) is 6.61 Å². The Balaban J connectivity index is 0. The Hall–Kier alpha value is -0.320. The molecule has 0 atom stereocenters. The Labute approximate surface area is 78.1 Å². The van der Waals surface area contributed by atoms with Crippen molar-refractivity contribution in [2.75, 3.05) is 19.8 Å². The number of nitrogens with one attached hydrogen (secondary N) is 1. The smallest absolute Gasteiger partial charge is 0.207 e. The Morgan fingerprint density at radius 3 is 2.42 bits per heavy atom. The summed E-state index contributed by atoms with van der Waals surface area (Å²) in [7, 11) is 0. The van der Waals surface area contributed by atoms with Crippen molar-refractivity contribution < 1.29 is 14.1 Å². The summed E-state index contributed by atoms with van der Waals surface area (Å²) >= 11 is 3.64. The first-order valence-electron chi connectivity index (χ1n) is 3.76. The van der Waals surface area contributed by atoms with Crippen LogP contribution in [0.15, 0.2) is 0 Å². The summed E-state index contributed by atoms with van der Waals surface area (Å²) in [6, 6.07) is 0. The Morgan fingerprint density at radius 2 is 2.00 bits per heavy atom. The molecule has 12 heavy (non-hydrogen) atoms. The lowest BCUT2D eigenvalue weighted by Crippen LogP contribution is -2.11. The van der Waals surface area contributed by atoms with Gasteiger partial charge in [-0.3, -0.25) is 10.1 Å². The molecule has 0 unspecified atom stereocenters. The molecule has 5 heteroatoms. The van der Waals surface area contributed by atoms with E-state index in [-0.39, 0.29) is 5.90 Å². The highest BCUT2D eigenvalue weighted by Crippen LogP contribution is 1.83. The third kappa shape index (κ3) is 12.4. The zero-order chi connectivity index (χ0) is 9.82. The van der Waals surface area contributed by atoms with Crippen molar-refractivity contribution in [2.24, 2.45) is 0 Å². The van der Waals surface area contributed by atoms with E-state index in [9.17, 15) is 0 Å². The molecule has 0 saturated heterocycles. The number of hydrogen-bond acceptors (Lipinski definition) is 4. The van der Waals surface area contributed by atoms with Gasteiger partial charge in [-0.25, -0.2) is 0 Å². The quantitative estimate of drug-likeness (QED) is 0.400. The molecular formula is C7H16ClNO3. The van der Waals surface area contributed by atoms with E-state index >= 15 is 0 Å². The van der Waals surface area contributed by atoms with Gasteiger partial charge in [0.2, 0.25) is 5.90 Å². The van der Waals surface area contributed by atoms with Gasteiger partial charge < -0.3 is 9.47 Å². The van der Waals surface area contributed by atoms with Crippen LogP contribution in [0, 0.1) is 5.41 Å². The predicted molar refractivity (Wildman–Crippen MR) is 48.5 cm³/mol. The number of ether oxygens (including phenoxy) is 2. The van der Waals surface area contributed by atoms with Crippen LogP contribution >= 0.6 is 11.9 Å². The zero-order valence-electron chi connectivity index (χ0n) is 7.47. The molecule has 0 bridgehead atoms. The fourth-order valence-electron chi connectivity index (χ4n) is 0.525. The minimum Gasteiger partial charge on any atom is -0.480 e. The molecule has 0 aliphatic rings. The first kappa shape index (κ1) is 14.2.